The summed E-state index contributed by atoms with van der Waals surface area (Å²) in [5.74, 6) is -0.365. The Bertz CT molecular complexity index is 1330. The van der Waals surface area contributed by atoms with E-state index in [1.54, 1.807) is 28.8 Å². The number of ketones is 1. The molecule has 1 aromatic carbocycles. The fraction of sp³-hybridized carbons (Fsp3) is 0.400. The lowest BCUT2D eigenvalue weighted by molar-refractivity contribution is 0.0536. The first-order chi connectivity index (χ1) is 17.8. The topological polar surface area (TPSA) is 158 Å². The average Bonchev–Trinajstić information content (AvgIpc) is 2.92. The summed E-state index contributed by atoms with van der Waals surface area (Å²) in [4.78, 5) is 49.6. The highest BCUT2D eigenvalue weighted by molar-refractivity contribution is 5.97. The number of anilines is 1. The number of fused-ring (bicyclic) bond motifs is 1. The van der Waals surface area contributed by atoms with Gasteiger partial charge in [-0.3, -0.25) is 14.5 Å². The molecule has 196 valence electrons. The second-order valence-corrected chi connectivity index (χ2v) is 8.73. The van der Waals surface area contributed by atoms with Gasteiger partial charge in [0.05, 0.1) is 18.5 Å². The number of piperazine rings is 1. The van der Waals surface area contributed by atoms with Crippen molar-refractivity contribution in [1.29, 1.82) is 0 Å². The smallest absolute Gasteiger partial charge is 0.341 e. The molecule has 12 heteroatoms. The zero-order chi connectivity index (χ0) is 26.5. The number of Topliss-reactive ketones (excluding diaryl/α,β-unsaturated/α-hetero) is 1. The third-order valence-electron chi connectivity index (χ3n) is 6.23. The van der Waals surface area contributed by atoms with Gasteiger partial charge in [0, 0.05) is 50.7 Å². The van der Waals surface area contributed by atoms with E-state index < -0.39 is 17.5 Å². The van der Waals surface area contributed by atoms with E-state index in [-0.39, 0.29) is 36.5 Å². The number of nitrogens with zero attached hydrogens (tertiary/aromatic N) is 5. The van der Waals surface area contributed by atoms with E-state index in [0.717, 1.165) is 0 Å². The van der Waals surface area contributed by atoms with Crippen LogP contribution in [0.15, 0.2) is 41.5 Å². The van der Waals surface area contributed by atoms with Crippen LogP contribution in [0.3, 0.4) is 0 Å². The first-order valence-corrected chi connectivity index (χ1v) is 12.0. The highest BCUT2D eigenvalue weighted by Crippen LogP contribution is 2.17. The molecule has 0 radical (unpaired) electrons. The van der Waals surface area contributed by atoms with Gasteiger partial charge in [-0.05, 0) is 31.2 Å². The third kappa shape index (κ3) is 5.93. The lowest BCUT2D eigenvalue weighted by Crippen LogP contribution is -2.48. The van der Waals surface area contributed by atoms with Crippen molar-refractivity contribution in [1.82, 2.24) is 19.4 Å². The van der Waals surface area contributed by atoms with E-state index in [0.29, 0.717) is 55.6 Å². The molecule has 3 N–H and O–H groups in total. The Labute approximate surface area is 212 Å². The molecule has 0 amide bonds. The first kappa shape index (κ1) is 26.2. The summed E-state index contributed by atoms with van der Waals surface area (Å²) < 4.78 is 7.00. The van der Waals surface area contributed by atoms with Crippen molar-refractivity contribution in [3.05, 3.63) is 58.0 Å². The number of aliphatic hydroxyl groups excluding tert-OH is 2. The number of carboxylic acid groups (broad SMARTS) is 1. The van der Waals surface area contributed by atoms with Crippen molar-refractivity contribution in [2.24, 2.45) is 0 Å². The molecule has 0 aliphatic carbocycles. The van der Waals surface area contributed by atoms with Crippen LogP contribution < -0.4 is 15.1 Å². The van der Waals surface area contributed by atoms with Crippen LogP contribution in [0.25, 0.3) is 11.0 Å². The van der Waals surface area contributed by atoms with Crippen LogP contribution in [0.1, 0.15) is 27.6 Å². The molecule has 3 aromatic rings. The Morgan fingerprint density at radius 1 is 1.14 bits per heavy atom. The number of rotatable bonds is 10. The number of carbonyl (C=O) groups excluding carboxylic acids is 1. The SMILES string of the molecule is CCn1cc(C(=O)O)c(=O)c2cnc(N3CCN(CC(=O)c4ccc(OCC(O)CO)cc4)CC3)nc21. The minimum absolute atomic E-state index is 0.0291. The van der Waals surface area contributed by atoms with Crippen LogP contribution in [-0.4, -0.2) is 98.5 Å². The molecule has 1 aliphatic rings. The minimum Gasteiger partial charge on any atom is -0.491 e. The van der Waals surface area contributed by atoms with Gasteiger partial charge in [0.15, 0.2) is 5.78 Å². The Morgan fingerprint density at radius 2 is 1.84 bits per heavy atom. The fourth-order valence-corrected chi connectivity index (χ4v) is 4.09. The zero-order valence-corrected chi connectivity index (χ0v) is 20.4. The molecule has 0 spiro atoms. The van der Waals surface area contributed by atoms with Crippen molar-refractivity contribution in [3.8, 4) is 5.75 Å². The standard InChI is InChI=1S/C25H29N5O7/c1-2-29-12-20(24(35)36)22(34)19-11-26-25(27-23(19)29)30-9-7-28(8-10-30)13-21(33)16-3-5-18(6-4-16)37-15-17(32)14-31/h3-6,11-12,17,31-32H,2,7-10,13-15H2,1H3,(H,35,36). The molecule has 1 unspecified atom stereocenters. The number of benzene rings is 1. The van der Waals surface area contributed by atoms with Crippen LogP contribution in [0.2, 0.25) is 0 Å². The van der Waals surface area contributed by atoms with Crippen molar-refractivity contribution in [2.45, 2.75) is 19.6 Å². The Kier molecular flexibility index (Phi) is 8.11. The second kappa shape index (κ2) is 11.5. The summed E-state index contributed by atoms with van der Waals surface area (Å²) >= 11 is 0. The quantitative estimate of drug-likeness (QED) is 0.320. The molecule has 1 aliphatic heterocycles. The number of ether oxygens (including phenoxy) is 1. The number of aromatic carboxylic acids is 1. The number of hydrogen-bond acceptors (Lipinski definition) is 10. The van der Waals surface area contributed by atoms with Crippen molar-refractivity contribution < 1.29 is 29.6 Å². The van der Waals surface area contributed by atoms with Crippen molar-refractivity contribution in [2.75, 3.05) is 50.8 Å². The summed E-state index contributed by atoms with van der Waals surface area (Å²) in [5, 5.41) is 27.7. The monoisotopic (exact) mass is 511 g/mol. The highest BCUT2D eigenvalue weighted by Gasteiger charge is 2.23. The number of pyridine rings is 1. The Balaban J connectivity index is 1.37. The van der Waals surface area contributed by atoms with Crippen LogP contribution >= 0.6 is 0 Å². The van der Waals surface area contributed by atoms with Gasteiger partial charge in [0.25, 0.3) is 0 Å². The molecule has 4 rings (SSSR count). The van der Waals surface area contributed by atoms with Crippen LogP contribution in [0, 0.1) is 0 Å². The van der Waals surface area contributed by atoms with E-state index in [1.807, 2.05) is 16.7 Å². The van der Waals surface area contributed by atoms with Gasteiger partial charge < -0.3 is 29.5 Å². The molecular weight excluding hydrogens is 482 g/mol. The number of carbonyl (C=O) groups is 2. The van der Waals surface area contributed by atoms with Crippen LogP contribution in [-0.2, 0) is 6.54 Å². The largest absolute Gasteiger partial charge is 0.491 e. The molecule has 12 nitrogen and oxygen atoms in total. The lowest BCUT2D eigenvalue weighted by atomic mass is 10.1. The van der Waals surface area contributed by atoms with Crippen LogP contribution in [0.5, 0.6) is 5.75 Å². The fourth-order valence-electron chi connectivity index (χ4n) is 4.09. The van der Waals surface area contributed by atoms with E-state index in [9.17, 15) is 24.6 Å². The maximum Gasteiger partial charge on any atom is 0.341 e. The first-order valence-electron chi connectivity index (χ1n) is 12.0. The predicted octanol–water partition coefficient (Wildman–Crippen LogP) is 0.247. The van der Waals surface area contributed by atoms with E-state index >= 15 is 0 Å². The third-order valence-corrected chi connectivity index (χ3v) is 6.23. The molecule has 1 saturated heterocycles. The summed E-state index contributed by atoms with van der Waals surface area (Å²) in [6, 6.07) is 6.65. The molecule has 3 heterocycles. The van der Waals surface area contributed by atoms with Gasteiger partial charge in [0.1, 0.15) is 29.7 Å². The second-order valence-electron chi connectivity index (χ2n) is 8.73. The predicted molar refractivity (Wildman–Crippen MR) is 134 cm³/mol. The van der Waals surface area contributed by atoms with Gasteiger partial charge in [-0.2, -0.15) is 4.98 Å². The molecule has 1 atom stereocenters. The van der Waals surface area contributed by atoms with Gasteiger partial charge in [-0.25, -0.2) is 9.78 Å². The highest BCUT2D eigenvalue weighted by atomic mass is 16.5. The summed E-state index contributed by atoms with van der Waals surface area (Å²) in [5.41, 5.74) is 0.0168. The van der Waals surface area contributed by atoms with E-state index in [4.69, 9.17) is 9.84 Å². The molecular formula is C25H29N5O7. The number of hydrogen-bond donors (Lipinski definition) is 3. The maximum absolute atomic E-state index is 12.7. The Morgan fingerprint density at radius 3 is 2.46 bits per heavy atom. The molecule has 2 aromatic heterocycles. The average molecular weight is 512 g/mol. The van der Waals surface area contributed by atoms with Gasteiger partial charge in [0.2, 0.25) is 11.4 Å². The molecule has 0 bridgehead atoms. The number of aryl methyl sites for hydroxylation is 1. The molecule has 37 heavy (non-hydrogen) atoms. The number of carboxylic acids is 1. The molecule has 0 saturated carbocycles. The Hall–Kier alpha value is -3.87. The van der Waals surface area contributed by atoms with Gasteiger partial charge in [-0.1, -0.05) is 0 Å². The lowest BCUT2D eigenvalue weighted by Gasteiger charge is -2.34. The van der Waals surface area contributed by atoms with Crippen LogP contribution in [0.4, 0.5) is 5.95 Å². The normalized spacial score (nSPS) is 15.1. The maximum atomic E-state index is 12.7. The zero-order valence-electron chi connectivity index (χ0n) is 20.4. The molecule has 1 fully saturated rings. The van der Waals surface area contributed by atoms with Gasteiger partial charge in [-0.15, -0.1) is 0 Å². The van der Waals surface area contributed by atoms with E-state index in [1.165, 1.54) is 12.4 Å². The summed E-state index contributed by atoms with van der Waals surface area (Å²) in [7, 11) is 0. The van der Waals surface area contributed by atoms with E-state index in [2.05, 4.69) is 9.97 Å². The number of aliphatic hydroxyl groups is 2. The summed E-state index contributed by atoms with van der Waals surface area (Å²) in [6.07, 6.45) is 1.73. The number of aromatic nitrogens is 3. The van der Waals surface area contributed by atoms with Crippen molar-refractivity contribution >= 4 is 28.7 Å². The van der Waals surface area contributed by atoms with Gasteiger partial charge >= 0.3 is 5.97 Å². The minimum atomic E-state index is -1.29. The van der Waals surface area contributed by atoms with Crippen molar-refractivity contribution in [3.63, 3.8) is 0 Å². The summed E-state index contributed by atoms with van der Waals surface area (Å²) in [6.45, 7) is 4.53.